The molecule has 1 aromatic rings. The number of rotatable bonds is 1. The standard InChI is InChI=1S/C14H15NO3/c1-18-12(16)9-2-3-10-7-14(8-11(10)6-9)4-5-15-13(14)17/h2-3,6H,4-5,7-8H2,1H3,(H,15,17). The fourth-order valence-electron chi connectivity index (χ4n) is 3.05. The lowest BCUT2D eigenvalue weighted by Gasteiger charge is -2.17. The molecule has 0 bridgehead atoms. The minimum atomic E-state index is -0.324. The van der Waals surface area contributed by atoms with Crippen molar-refractivity contribution < 1.29 is 14.3 Å². The van der Waals surface area contributed by atoms with Crippen molar-refractivity contribution in [1.29, 1.82) is 0 Å². The van der Waals surface area contributed by atoms with E-state index in [1.807, 2.05) is 12.1 Å². The predicted octanol–water partition coefficient (Wildman–Crippen LogP) is 1.08. The molecule has 1 atom stereocenters. The van der Waals surface area contributed by atoms with Gasteiger partial charge in [0.25, 0.3) is 0 Å². The second-order valence-electron chi connectivity index (χ2n) is 5.11. The number of esters is 1. The highest BCUT2D eigenvalue weighted by Crippen LogP contribution is 2.42. The van der Waals surface area contributed by atoms with E-state index in [4.69, 9.17) is 4.74 Å². The summed E-state index contributed by atoms with van der Waals surface area (Å²) in [6.45, 7) is 0.761. The van der Waals surface area contributed by atoms with Crippen molar-refractivity contribution in [3.63, 3.8) is 0 Å². The van der Waals surface area contributed by atoms with Crippen LogP contribution in [-0.4, -0.2) is 25.5 Å². The Labute approximate surface area is 105 Å². The fourth-order valence-corrected chi connectivity index (χ4v) is 3.05. The lowest BCUT2D eigenvalue weighted by molar-refractivity contribution is -0.127. The summed E-state index contributed by atoms with van der Waals surface area (Å²) in [5.74, 6) is -0.173. The van der Waals surface area contributed by atoms with E-state index in [-0.39, 0.29) is 17.3 Å². The summed E-state index contributed by atoms with van der Waals surface area (Å²) in [6.07, 6.45) is 2.41. The molecular formula is C14H15NO3. The van der Waals surface area contributed by atoms with E-state index in [0.29, 0.717) is 5.56 Å². The molecule has 2 aliphatic rings. The average molecular weight is 245 g/mol. The van der Waals surface area contributed by atoms with Crippen molar-refractivity contribution in [1.82, 2.24) is 5.32 Å². The van der Waals surface area contributed by atoms with E-state index in [0.717, 1.165) is 31.4 Å². The van der Waals surface area contributed by atoms with Crippen molar-refractivity contribution in [2.75, 3.05) is 13.7 Å². The van der Waals surface area contributed by atoms with Gasteiger partial charge in [0.05, 0.1) is 18.1 Å². The van der Waals surface area contributed by atoms with E-state index in [1.165, 1.54) is 12.7 Å². The molecule has 1 aliphatic carbocycles. The van der Waals surface area contributed by atoms with Gasteiger partial charge in [0, 0.05) is 6.54 Å². The van der Waals surface area contributed by atoms with E-state index < -0.39 is 0 Å². The zero-order valence-corrected chi connectivity index (χ0v) is 10.3. The molecule has 1 N–H and O–H groups in total. The summed E-state index contributed by atoms with van der Waals surface area (Å²) in [5, 5.41) is 2.91. The van der Waals surface area contributed by atoms with Gasteiger partial charge >= 0.3 is 5.97 Å². The number of carbonyl (C=O) groups is 2. The third-order valence-corrected chi connectivity index (χ3v) is 4.06. The molecular weight excluding hydrogens is 230 g/mol. The van der Waals surface area contributed by atoms with Crippen LogP contribution in [0.25, 0.3) is 0 Å². The van der Waals surface area contributed by atoms with Gasteiger partial charge in [0.15, 0.2) is 0 Å². The topological polar surface area (TPSA) is 55.4 Å². The first kappa shape index (κ1) is 11.3. The quantitative estimate of drug-likeness (QED) is 0.753. The van der Waals surface area contributed by atoms with Gasteiger partial charge < -0.3 is 10.1 Å². The first-order valence-electron chi connectivity index (χ1n) is 6.13. The minimum absolute atomic E-state index is 0.151. The van der Waals surface area contributed by atoms with Crippen LogP contribution in [0.2, 0.25) is 0 Å². The number of methoxy groups -OCH3 is 1. The zero-order valence-electron chi connectivity index (χ0n) is 10.3. The summed E-state index contributed by atoms with van der Waals surface area (Å²) in [7, 11) is 1.38. The Kier molecular flexibility index (Phi) is 2.40. The maximum atomic E-state index is 11.9. The number of ether oxygens (including phenoxy) is 1. The third kappa shape index (κ3) is 1.52. The summed E-state index contributed by atoms with van der Waals surface area (Å²) in [4.78, 5) is 23.4. The maximum Gasteiger partial charge on any atom is 0.337 e. The lowest BCUT2D eigenvalue weighted by atomic mass is 9.83. The van der Waals surface area contributed by atoms with Crippen LogP contribution in [0.3, 0.4) is 0 Å². The summed E-state index contributed by atoms with van der Waals surface area (Å²) < 4.78 is 4.72. The van der Waals surface area contributed by atoms with Gasteiger partial charge in [0.2, 0.25) is 5.91 Å². The molecule has 1 aliphatic heterocycles. The second-order valence-corrected chi connectivity index (χ2v) is 5.11. The van der Waals surface area contributed by atoms with Crippen molar-refractivity contribution >= 4 is 11.9 Å². The Morgan fingerprint density at radius 3 is 2.78 bits per heavy atom. The van der Waals surface area contributed by atoms with Gasteiger partial charge in [-0.15, -0.1) is 0 Å². The largest absolute Gasteiger partial charge is 0.465 e. The van der Waals surface area contributed by atoms with Crippen LogP contribution in [-0.2, 0) is 22.4 Å². The molecule has 1 saturated heterocycles. The Morgan fingerprint density at radius 2 is 2.11 bits per heavy atom. The number of hydrogen-bond donors (Lipinski definition) is 1. The smallest absolute Gasteiger partial charge is 0.337 e. The first-order chi connectivity index (χ1) is 8.64. The van der Waals surface area contributed by atoms with Gasteiger partial charge in [-0.05, 0) is 42.5 Å². The Balaban J connectivity index is 1.94. The van der Waals surface area contributed by atoms with E-state index >= 15 is 0 Å². The average Bonchev–Trinajstić information content (AvgIpc) is 2.92. The van der Waals surface area contributed by atoms with Crippen molar-refractivity contribution in [2.24, 2.45) is 5.41 Å². The van der Waals surface area contributed by atoms with Crippen LogP contribution in [0.4, 0.5) is 0 Å². The van der Waals surface area contributed by atoms with Crippen LogP contribution >= 0.6 is 0 Å². The Hall–Kier alpha value is -1.84. The number of carbonyl (C=O) groups excluding carboxylic acids is 2. The Bertz CT molecular complexity index is 538. The molecule has 3 rings (SSSR count). The van der Waals surface area contributed by atoms with E-state index in [1.54, 1.807) is 6.07 Å². The van der Waals surface area contributed by atoms with Gasteiger partial charge in [-0.1, -0.05) is 6.07 Å². The molecule has 1 unspecified atom stereocenters. The van der Waals surface area contributed by atoms with E-state index in [2.05, 4.69) is 5.32 Å². The molecule has 1 fully saturated rings. The molecule has 94 valence electrons. The molecule has 4 nitrogen and oxygen atoms in total. The van der Waals surface area contributed by atoms with Crippen LogP contribution in [0.1, 0.15) is 27.9 Å². The SMILES string of the molecule is COC(=O)c1ccc2c(c1)CC1(CCNC1=O)C2. The number of hydrogen-bond acceptors (Lipinski definition) is 3. The molecule has 18 heavy (non-hydrogen) atoms. The molecule has 1 spiro atoms. The number of nitrogens with one attached hydrogen (secondary N) is 1. The molecule has 1 amide bonds. The third-order valence-electron chi connectivity index (χ3n) is 4.06. The van der Waals surface area contributed by atoms with Crippen LogP contribution < -0.4 is 5.32 Å². The fraction of sp³-hybridized carbons (Fsp3) is 0.429. The van der Waals surface area contributed by atoms with Crippen LogP contribution in [0, 0.1) is 5.41 Å². The first-order valence-corrected chi connectivity index (χ1v) is 6.13. The van der Waals surface area contributed by atoms with Gasteiger partial charge in [-0.3, -0.25) is 4.79 Å². The van der Waals surface area contributed by atoms with Gasteiger partial charge in [-0.25, -0.2) is 4.79 Å². The molecule has 0 aromatic heterocycles. The maximum absolute atomic E-state index is 11.9. The van der Waals surface area contributed by atoms with Crippen LogP contribution in [0.5, 0.6) is 0 Å². The Morgan fingerprint density at radius 1 is 1.33 bits per heavy atom. The van der Waals surface area contributed by atoms with Crippen molar-refractivity contribution in [2.45, 2.75) is 19.3 Å². The number of amides is 1. The monoisotopic (exact) mass is 245 g/mol. The predicted molar refractivity (Wildman–Crippen MR) is 65.2 cm³/mol. The number of benzene rings is 1. The van der Waals surface area contributed by atoms with Crippen LogP contribution in [0.15, 0.2) is 18.2 Å². The summed E-state index contributed by atoms with van der Waals surface area (Å²) in [5.41, 5.74) is 2.58. The molecule has 4 heteroatoms. The van der Waals surface area contributed by atoms with Crippen molar-refractivity contribution in [3.8, 4) is 0 Å². The molecule has 1 heterocycles. The highest BCUT2D eigenvalue weighted by atomic mass is 16.5. The van der Waals surface area contributed by atoms with E-state index in [9.17, 15) is 9.59 Å². The lowest BCUT2D eigenvalue weighted by Crippen LogP contribution is -2.31. The van der Waals surface area contributed by atoms with Gasteiger partial charge in [0.1, 0.15) is 0 Å². The second kappa shape index (κ2) is 3.83. The highest BCUT2D eigenvalue weighted by Gasteiger charge is 2.46. The normalized spacial score (nSPS) is 25.1. The van der Waals surface area contributed by atoms with Gasteiger partial charge in [-0.2, -0.15) is 0 Å². The molecule has 1 aromatic carbocycles. The molecule has 0 radical (unpaired) electrons. The molecule has 0 saturated carbocycles. The highest BCUT2D eigenvalue weighted by molar-refractivity contribution is 5.90. The van der Waals surface area contributed by atoms with Crippen molar-refractivity contribution in [3.05, 3.63) is 34.9 Å². The number of fused-ring (bicyclic) bond motifs is 1. The minimum Gasteiger partial charge on any atom is -0.465 e. The summed E-state index contributed by atoms with van der Waals surface area (Å²) >= 11 is 0. The summed E-state index contributed by atoms with van der Waals surface area (Å²) in [6, 6.07) is 5.58. The zero-order chi connectivity index (χ0) is 12.8.